The van der Waals surface area contributed by atoms with Crippen molar-refractivity contribution in [2.75, 3.05) is 6.61 Å². The number of nitrogens with one attached hydrogen (secondary N) is 1. The van der Waals surface area contributed by atoms with Crippen molar-refractivity contribution >= 4 is 23.2 Å². The largest absolute Gasteiger partial charge is 0.377 e. The fourth-order valence-corrected chi connectivity index (χ4v) is 2.61. The van der Waals surface area contributed by atoms with Crippen LogP contribution >= 0.6 is 23.2 Å². The lowest BCUT2D eigenvalue weighted by atomic mass is 9.98. The molecule has 0 aliphatic rings. The second-order valence-electron chi connectivity index (χ2n) is 4.50. The van der Waals surface area contributed by atoms with Crippen LogP contribution in [0.1, 0.15) is 32.3 Å². The predicted octanol–water partition coefficient (Wildman–Crippen LogP) is 3.57. The van der Waals surface area contributed by atoms with Crippen molar-refractivity contribution in [3.63, 3.8) is 0 Å². The number of hydrazine groups is 1. The highest BCUT2D eigenvalue weighted by atomic mass is 35.5. The third kappa shape index (κ3) is 5.28. The Morgan fingerprint density at radius 2 is 2.05 bits per heavy atom. The Bertz CT molecular complexity index is 382. The number of ether oxygens (including phenoxy) is 1. The molecule has 1 rings (SSSR count). The Balaban J connectivity index is 2.78. The Morgan fingerprint density at radius 3 is 2.58 bits per heavy atom. The molecule has 0 fully saturated rings. The molecule has 1 aromatic rings. The van der Waals surface area contributed by atoms with Crippen LogP contribution in [0.4, 0.5) is 0 Å². The average molecular weight is 305 g/mol. The lowest BCUT2D eigenvalue weighted by Crippen LogP contribution is -2.46. The standard InChI is InChI=1S/C14H22Cl2N2O/c1-3-5-14(19-4-2)13(18-17)8-10-6-7-11(15)9-12(10)16/h6-7,9,13-14,18H,3-5,8,17H2,1-2H3. The second kappa shape index (κ2) is 8.77. The van der Waals surface area contributed by atoms with Crippen LogP contribution in [0.3, 0.4) is 0 Å². The van der Waals surface area contributed by atoms with Crippen molar-refractivity contribution in [3.05, 3.63) is 33.8 Å². The summed E-state index contributed by atoms with van der Waals surface area (Å²) in [4.78, 5) is 0. The molecular weight excluding hydrogens is 283 g/mol. The first-order valence-electron chi connectivity index (χ1n) is 6.64. The summed E-state index contributed by atoms with van der Waals surface area (Å²) in [6.45, 7) is 4.80. The van der Waals surface area contributed by atoms with E-state index in [4.69, 9.17) is 33.8 Å². The van der Waals surface area contributed by atoms with Gasteiger partial charge in [-0.1, -0.05) is 42.6 Å². The summed E-state index contributed by atoms with van der Waals surface area (Å²) in [5.41, 5.74) is 3.87. The Kier molecular flexibility index (Phi) is 7.73. The lowest BCUT2D eigenvalue weighted by Gasteiger charge is -2.26. The molecule has 2 atom stereocenters. The summed E-state index contributed by atoms with van der Waals surface area (Å²) in [5, 5.41) is 1.31. The second-order valence-corrected chi connectivity index (χ2v) is 5.34. The zero-order valence-corrected chi connectivity index (χ0v) is 13.0. The summed E-state index contributed by atoms with van der Waals surface area (Å²) in [7, 11) is 0. The van der Waals surface area contributed by atoms with Crippen molar-refractivity contribution in [2.24, 2.45) is 5.84 Å². The van der Waals surface area contributed by atoms with Gasteiger partial charge in [0.2, 0.25) is 0 Å². The average Bonchev–Trinajstić information content (AvgIpc) is 2.38. The van der Waals surface area contributed by atoms with Crippen molar-refractivity contribution in [3.8, 4) is 0 Å². The minimum absolute atomic E-state index is 0.0403. The molecule has 0 saturated heterocycles. The highest BCUT2D eigenvalue weighted by Crippen LogP contribution is 2.23. The first kappa shape index (κ1) is 16.7. The molecule has 0 radical (unpaired) electrons. The van der Waals surface area contributed by atoms with E-state index in [1.807, 2.05) is 19.1 Å². The van der Waals surface area contributed by atoms with Crippen LogP contribution in [-0.4, -0.2) is 18.8 Å². The number of benzene rings is 1. The first-order valence-corrected chi connectivity index (χ1v) is 7.39. The van der Waals surface area contributed by atoms with Gasteiger partial charge in [-0.05, 0) is 37.5 Å². The maximum Gasteiger partial charge on any atom is 0.0744 e. The van der Waals surface area contributed by atoms with Gasteiger partial charge in [-0.2, -0.15) is 0 Å². The van der Waals surface area contributed by atoms with Crippen LogP contribution in [0.25, 0.3) is 0 Å². The van der Waals surface area contributed by atoms with E-state index < -0.39 is 0 Å². The highest BCUT2D eigenvalue weighted by Gasteiger charge is 2.21. The Labute approximate surface area is 125 Å². The fourth-order valence-electron chi connectivity index (χ4n) is 2.12. The minimum Gasteiger partial charge on any atom is -0.377 e. The van der Waals surface area contributed by atoms with Crippen molar-refractivity contribution in [2.45, 2.75) is 45.3 Å². The zero-order chi connectivity index (χ0) is 14.3. The summed E-state index contributed by atoms with van der Waals surface area (Å²) in [6, 6.07) is 5.57. The molecule has 0 heterocycles. The quantitative estimate of drug-likeness (QED) is 0.570. The smallest absolute Gasteiger partial charge is 0.0744 e. The third-order valence-corrected chi connectivity index (χ3v) is 3.66. The van der Waals surface area contributed by atoms with E-state index in [-0.39, 0.29) is 12.1 Å². The molecule has 19 heavy (non-hydrogen) atoms. The zero-order valence-electron chi connectivity index (χ0n) is 11.5. The SMILES string of the molecule is CCCC(OCC)C(Cc1ccc(Cl)cc1Cl)NN. The van der Waals surface area contributed by atoms with Crippen LogP contribution in [-0.2, 0) is 11.2 Å². The molecule has 0 saturated carbocycles. The van der Waals surface area contributed by atoms with Gasteiger partial charge in [-0.25, -0.2) is 0 Å². The number of nitrogens with two attached hydrogens (primary N) is 1. The van der Waals surface area contributed by atoms with Gasteiger partial charge in [0.15, 0.2) is 0 Å². The van der Waals surface area contributed by atoms with E-state index in [0.29, 0.717) is 16.7 Å². The lowest BCUT2D eigenvalue weighted by molar-refractivity contribution is 0.0281. The van der Waals surface area contributed by atoms with E-state index in [1.165, 1.54) is 0 Å². The number of hydrogen-bond acceptors (Lipinski definition) is 3. The van der Waals surface area contributed by atoms with Gasteiger partial charge in [0, 0.05) is 16.7 Å². The van der Waals surface area contributed by atoms with Crippen LogP contribution in [0.5, 0.6) is 0 Å². The molecule has 0 aliphatic heterocycles. The predicted molar refractivity (Wildman–Crippen MR) is 81.6 cm³/mol. The summed E-state index contributed by atoms with van der Waals surface area (Å²) in [5.74, 6) is 5.66. The van der Waals surface area contributed by atoms with Gasteiger partial charge < -0.3 is 4.74 Å². The number of rotatable bonds is 8. The molecule has 2 unspecified atom stereocenters. The summed E-state index contributed by atoms with van der Waals surface area (Å²) in [6.07, 6.45) is 2.83. The van der Waals surface area contributed by atoms with E-state index in [9.17, 15) is 0 Å². The van der Waals surface area contributed by atoms with Crippen molar-refractivity contribution in [1.82, 2.24) is 5.43 Å². The third-order valence-electron chi connectivity index (χ3n) is 3.07. The molecule has 0 amide bonds. The molecule has 0 aliphatic carbocycles. The van der Waals surface area contributed by atoms with Gasteiger partial charge in [0.25, 0.3) is 0 Å². The Hall–Kier alpha value is -0.320. The number of halogens is 2. The molecule has 3 nitrogen and oxygen atoms in total. The molecular formula is C14H22Cl2N2O. The maximum absolute atomic E-state index is 6.20. The van der Waals surface area contributed by atoms with E-state index in [2.05, 4.69) is 12.3 Å². The highest BCUT2D eigenvalue weighted by molar-refractivity contribution is 6.35. The van der Waals surface area contributed by atoms with Crippen molar-refractivity contribution in [1.29, 1.82) is 0 Å². The van der Waals surface area contributed by atoms with Crippen LogP contribution < -0.4 is 11.3 Å². The Morgan fingerprint density at radius 1 is 1.32 bits per heavy atom. The molecule has 3 N–H and O–H groups in total. The molecule has 0 aromatic heterocycles. The van der Waals surface area contributed by atoms with Crippen LogP contribution in [0.2, 0.25) is 10.0 Å². The molecule has 108 valence electrons. The topological polar surface area (TPSA) is 47.3 Å². The molecule has 0 bridgehead atoms. The monoisotopic (exact) mass is 304 g/mol. The first-order chi connectivity index (χ1) is 9.12. The summed E-state index contributed by atoms with van der Waals surface area (Å²) < 4.78 is 5.76. The normalized spacial score (nSPS) is 14.4. The molecule has 0 spiro atoms. The van der Waals surface area contributed by atoms with Gasteiger partial charge in [0.1, 0.15) is 0 Å². The number of hydrogen-bond donors (Lipinski definition) is 2. The van der Waals surface area contributed by atoms with Gasteiger partial charge >= 0.3 is 0 Å². The minimum atomic E-state index is 0.0403. The van der Waals surface area contributed by atoms with Crippen LogP contribution in [0, 0.1) is 0 Å². The van der Waals surface area contributed by atoms with Crippen molar-refractivity contribution < 1.29 is 4.74 Å². The van der Waals surface area contributed by atoms with Gasteiger partial charge in [-0.3, -0.25) is 11.3 Å². The van der Waals surface area contributed by atoms with E-state index >= 15 is 0 Å². The van der Waals surface area contributed by atoms with Gasteiger partial charge in [-0.15, -0.1) is 0 Å². The fraction of sp³-hybridized carbons (Fsp3) is 0.571. The summed E-state index contributed by atoms with van der Waals surface area (Å²) >= 11 is 12.1. The molecule has 1 aromatic carbocycles. The van der Waals surface area contributed by atoms with E-state index in [0.717, 1.165) is 24.8 Å². The van der Waals surface area contributed by atoms with Gasteiger partial charge in [0.05, 0.1) is 12.1 Å². The van der Waals surface area contributed by atoms with Crippen LogP contribution in [0.15, 0.2) is 18.2 Å². The van der Waals surface area contributed by atoms with E-state index in [1.54, 1.807) is 6.07 Å². The molecule has 5 heteroatoms. The maximum atomic E-state index is 6.20.